The van der Waals surface area contributed by atoms with E-state index in [4.69, 9.17) is 9.47 Å². The Morgan fingerprint density at radius 1 is 1.13 bits per heavy atom. The van der Waals surface area contributed by atoms with Crippen molar-refractivity contribution in [2.24, 2.45) is 0 Å². The van der Waals surface area contributed by atoms with Crippen LogP contribution < -0.4 is 9.46 Å². The lowest BCUT2D eigenvalue weighted by Gasteiger charge is -2.09. The third kappa shape index (κ3) is 6.40. The van der Waals surface area contributed by atoms with Crippen LogP contribution in [-0.2, 0) is 32.6 Å². The zero-order valence-electron chi connectivity index (χ0n) is 17.1. The van der Waals surface area contributed by atoms with Gasteiger partial charge in [0.15, 0.2) is 0 Å². The number of hydrogen-bond donors (Lipinski definition) is 1. The van der Waals surface area contributed by atoms with E-state index in [1.165, 1.54) is 36.7 Å². The van der Waals surface area contributed by atoms with Crippen molar-refractivity contribution in [1.29, 1.82) is 0 Å². The number of rotatable bonds is 9. The lowest BCUT2D eigenvalue weighted by Crippen LogP contribution is -2.12. The Bertz CT molecular complexity index is 1150. The number of nitrogens with one attached hydrogen (secondary N) is 1. The first-order valence-corrected chi connectivity index (χ1v) is 11.8. The number of thiazole rings is 1. The number of aryl methyl sites for hydroxylation is 1. The Morgan fingerprint density at radius 2 is 1.84 bits per heavy atom. The summed E-state index contributed by atoms with van der Waals surface area (Å²) in [5.74, 6) is 0.138. The number of benzene rings is 2. The number of methoxy groups -OCH3 is 1. The van der Waals surface area contributed by atoms with Gasteiger partial charge in [-0.1, -0.05) is 19.1 Å². The van der Waals surface area contributed by atoms with Gasteiger partial charge in [-0.05, 0) is 54.5 Å². The Balaban J connectivity index is 1.57. The van der Waals surface area contributed by atoms with E-state index in [1.807, 2.05) is 12.3 Å². The number of carbonyl (C=O) groups excluding carboxylic acids is 1. The minimum Gasteiger partial charge on any atom is -0.497 e. The molecule has 0 fully saturated rings. The van der Waals surface area contributed by atoms with Gasteiger partial charge in [0.1, 0.15) is 12.4 Å². The number of hydrogen-bond acceptors (Lipinski definition) is 7. The van der Waals surface area contributed by atoms with Crippen LogP contribution in [0, 0.1) is 0 Å². The van der Waals surface area contributed by atoms with Crippen molar-refractivity contribution >= 4 is 39.1 Å². The topological polar surface area (TPSA) is 94.6 Å². The average molecular weight is 459 g/mol. The van der Waals surface area contributed by atoms with E-state index < -0.39 is 16.0 Å². The second-order valence-corrected chi connectivity index (χ2v) is 9.06. The zero-order chi connectivity index (χ0) is 22.3. The fraction of sp³-hybridized carbons (Fsp3) is 0.182. The van der Waals surface area contributed by atoms with Crippen LogP contribution in [0.15, 0.2) is 64.9 Å². The maximum Gasteiger partial charge on any atom is 0.331 e. The molecule has 0 radical (unpaired) electrons. The van der Waals surface area contributed by atoms with Crippen molar-refractivity contribution in [3.8, 4) is 5.75 Å². The summed E-state index contributed by atoms with van der Waals surface area (Å²) in [7, 11) is -2.19. The molecule has 31 heavy (non-hydrogen) atoms. The molecule has 3 aromatic rings. The molecule has 2 aromatic carbocycles. The third-order valence-electron chi connectivity index (χ3n) is 4.21. The first kappa shape index (κ1) is 22.5. The zero-order valence-corrected chi connectivity index (χ0v) is 18.7. The van der Waals surface area contributed by atoms with E-state index >= 15 is 0 Å². The Kier molecular flexibility index (Phi) is 7.43. The molecule has 0 saturated carbocycles. The predicted octanol–water partition coefficient (Wildman–Crippen LogP) is 4.27. The molecule has 0 aliphatic rings. The molecule has 0 unspecified atom stereocenters. The number of anilines is 1. The summed E-state index contributed by atoms with van der Waals surface area (Å²) in [4.78, 5) is 16.3. The third-order valence-corrected chi connectivity index (χ3v) is 6.65. The van der Waals surface area contributed by atoms with Gasteiger partial charge in [-0.3, -0.25) is 4.72 Å². The second kappa shape index (κ2) is 10.2. The molecule has 162 valence electrons. The number of carbonyl (C=O) groups is 1. The monoisotopic (exact) mass is 458 g/mol. The van der Waals surface area contributed by atoms with Gasteiger partial charge >= 0.3 is 5.97 Å². The van der Waals surface area contributed by atoms with Crippen molar-refractivity contribution in [2.45, 2.75) is 24.8 Å². The summed E-state index contributed by atoms with van der Waals surface area (Å²) in [5.41, 5.74) is 1.82. The molecule has 9 heteroatoms. The molecule has 1 N–H and O–H groups in total. The molecule has 3 rings (SSSR count). The molecule has 0 bridgehead atoms. The van der Waals surface area contributed by atoms with Gasteiger partial charge < -0.3 is 9.47 Å². The van der Waals surface area contributed by atoms with Crippen molar-refractivity contribution in [2.75, 3.05) is 11.8 Å². The van der Waals surface area contributed by atoms with Crippen LogP contribution in [0.4, 0.5) is 5.69 Å². The maximum absolute atomic E-state index is 12.5. The largest absolute Gasteiger partial charge is 0.497 e. The van der Waals surface area contributed by atoms with Crippen LogP contribution in [0.1, 0.15) is 23.2 Å². The Labute approximate surface area is 185 Å². The molecule has 0 amide bonds. The van der Waals surface area contributed by atoms with Crippen LogP contribution in [0.25, 0.3) is 6.08 Å². The summed E-state index contributed by atoms with van der Waals surface area (Å²) in [6.45, 7) is 2.14. The van der Waals surface area contributed by atoms with Gasteiger partial charge in [-0.2, -0.15) is 0 Å². The number of nitrogens with zero attached hydrogens (tertiary/aromatic N) is 1. The van der Waals surface area contributed by atoms with Gasteiger partial charge in [0.05, 0.1) is 22.7 Å². The molecule has 0 aliphatic heterocycles. The number of esters is 1. The highest BCUT2D eigenvalue weighted by Gasteiger charge is 2.14. The van der Waals surface area contributed by atoms with Crippen LogP contribution in [0.3, 0.4) is 0 Å². The minimum absolute atomic E-state index is 0.110. The lowest BCUT2D eigenvalue weighted by atomic mass is 10.2. The SMILES string of the molecule is CCc1nc(COC(=O)/C=C/c2ccc(S(=O)(=O)Nc3ccc(OC)cc3)cc2)cs1. The number of sulfonamides is 1. The lowest BCUT2D eigenvalue weighted by molar-refractivity contribution is -0.139. The summed E-state index contributed by atoms with van der Waals surface area (Å²) in [6.07, 6.45) is 3.71. The molecule has 0 aliphatic carbocycles. The van der Waals surface area contributed by atoms with Crippen molar-refractivity contribution in [3.05, 3.63) is 76.3 Å². The molecule has 0 spiro atoms. The summed E-state index contributed by atoms with van der Waals surface area (Å²) in [5, 5.41) is 2.87. The molecule has 1 aromatic heterocycles. The highest BCUT2D eigenvalue weighted by Crippen LogP contribution is 2.20. The second-order valence-electron chi connectivity index (χ2n) is 6.43. The van der Waals surface area contributed by atoms with Crippen molar-refractivity contribution < 1.29 is 22.7 Å². The highest BCUT2D eigenvalue weighted by atomic mass is 32.2. The van der Waals surface area contributed by atoms with Crippen LogP contribution in [0.2, 0.25) is 0 Å². The summed E-state index contributed by atoms with van der Waals surface area (Å²) >= 11 is 1.54. The van der Waals surface area contributed by atoms with E-state index in [0.717, 1.165) is 17.1 Å². The standard InChI is InChI=1S/C22H22N2O5S2/c1-3-21-23-18(15-30-21)14-29-22(25)13-6-16-4-11-20(12-5-16)31(26,27)24-17-7-9-19(28-2)10-8-17/h4-13,15,24H,3,14H2,1-2H3/b13-6+. The van der Waals surface area contributed by atoms with E-state index in [1.54, 1.807) is 42.5 Å². The fourth-order valence-electron chi connectivity index (χ4n) is 2.57. The van der Waals surface area contributed by atoms with Gasteiger partial charge in [-0.25, -0.2) is 18.2 Å². The first-order valence-electron chi connectivity index (χ1n) is 9.44. The Hall–Kier alpha value is -3.17. The van der Waals surface area contributed by atoms with Gasteiger partial charge in [0.25, 0.3) is 10.0 Å². The van der Waals surface area contributed by atoms with E-state index in [9.17, 15) is 13.2 Å². The van der Waals surface area contributed by atoms with Crippen LogP contribution >= 0.6 is 11.3 Å². The highest BCUT2D eigenvalue weighted by molar-refractivity contribution is 7.92. The first-order chi connectivity index (χ1) is 14.9. The molecule has 0 atom stereocenters. The van der Waals surface area contributed by atoms with E-state index in [0.29, 0.717) is 17.0 Å². The van der Waals surface area contributed by atoms with Gasteiger partial charge in [0, 0.05) is 17.1 Å². The summed E-state index contributed by atoms with van der Waals surface area (Å²) in [6, 6.07) is 12.7. The quantitative estimate of drug-likeness (QED) is 0.380. The van der Waals surface area contributed by atoms with Gasteiger partial charge in [-0.15, -0.1) is 11.3 Å². The number of aromatic nitrogens is 1. The molecule has 7 nitrogen and oxygen atoms in total. The average Bonchev–Trinajstić information content (AvgIpc) is 3.25. The predicted molar refractivity (Wildman–Crippen MR) is 121 cm³/mol. The van der Waals surface area contributed by atoms with Crippen LogP contribution in [0.5, 0.6) is 5.75 Å². The molecule has 0 saturated heterocycles. The van der Waals surface area contributed by atoms with Gasteiger partial charge in [0.2, 0.25) is 0 Å². The van der Waals surface area contributed by atoms with Crippen molar-refractivity contribution in [3.63, 3.8) is 0 Å². The van der Waals surface area contributed by atoms with E-state index in [-0.39, 0.29) is 11.5 Å². The fourth-order valence-corrected chi connectivity index (χ4v) is 4.35. The summed E-state index contributed by atoms with van der Waals surface area (Å²) < 4.78 is 37.8. The van der Waals surface area contributed by atoms with E-state index in [2.05, 4.69) is 9.71 Å². The normalized spacial score (nSPS) is 11.4. The van der Waals surface area contributed by atoms with Crippen molar-refractivity contribution in [1.82, 2.24) is 4.98 Å². The smallest absolute Gasteiger partial charge is 0.331 e. The maximum atomic E-state index is 12.5. The number of ether oxygens (including phenoxy) is 2. The minimum atomic E-state index is -3.73. The Morgan fingerprint density at radius 3 is 2.45 bits per heavy atom. The molecular weight excluding hydrogens is 436 g/mol. The van der Waals surface area contributed by atoms with Crippen LogP contribution in [-0.4, -0.2) is 26.5 Å². The molecular formula is C22H22N2O5S2. The molecule has 1 heterocycles.